The molecule has 0 aliphatic heterocycles. The van der Waals surface area contributed by atoms with Crippen LogP contribution in [0, 0.1) is 18.8 Å². The zero-order valence-corrected chi connectivity index (χ0v) is 8.95. The fraction of sp³-hybridized carbons (Fsp3) is 0.417. The highest BCUT2D eigenvalue weighted by molar-refractivity contribution is 5.51. The molecular weight excluding hydrogens is 188 g/mol. The van der Waals surface area contributed by atoms with Crippen molar-refractivity contribution in [3.8, 4) is 11.8 Å². The van der Waals surface area contributed by atoms with E-state index in [2.05, 4.69) is 16.8 Å². The number of aliphatic hydroxyl groups is 1. The molecule has 0 unspecified atom stereocenters. The van der Waals surface area contributed by atoms with Gasteiger partial charge in [-0.15, -0.1) is 0 Å². The smallest absolute Gasteiger partial charge is 0.139 e. The number of pyridine rings is 1. The molecule has 0 aromatic carbocycles. The van der Waals surface area contributed by atoms with Crippen molar-refractivity contribution in [2.24, 2.45) is 0 Å². The van der Waals surface area contributed by atoms with E-state index in [1.807, 2.05) is 13.0 Å². The number of nitrogen functional groups attached to an aromatic ring is 1. The molecule has 0 radical (unpaired) electrons. The number of nitrogens with zero attached hydrogens (tertiary/aromatic N) is 1. The molecule has 3 heteroatoms. The van der Waals surface area contributed by atoms with Crippen molar-refractivity contribution < 1.29 is 5.11 Å². The molecule has 1 heterocycles. The fourth-order valence-electron chi connectivity index (χ4n) is 1.16. The Hall–Kier alpha value is -1.53. The monoisotopic (exact) mass is 204 g/mol. The first-order chi connectivity index (χ1) is 7.24. The Kier molecular flexibility index (Phi) is 4.65. The molecule has 3 nitrogen and oxygen atoms in total. The summed E-state index contributed by atoms with van der Waals surface area (Å²) in [5.74, 6) is 6.50. The third-order valence-electron chi connectivity index (χ3n) is 1.99. The number of aryl methyl sites for hydroxylation is 1. The Balaban J connectivity index is 2.59. The molecule has 0 aliphatic rings. The van der Waals surface area contributed by atoms with Gasteiger partial charge >= 0.3 is 0 Å². The molecule has 0 bridgehead atoms. The average molecular weight is 204 g/mol. The summed E-state index contributed by atoms with van der Waals surface area (Å²) in [6.07, 6.45) is 4.24. The highest BCUT2D eigenvalue weighted by Gasteiger charge is 1.95. The van der Waals surface area contributed by atoms with Gasteiger partial charge in [-0.25, -0.2) is 4.98 Å². The third kappa shape index (κ3) is 4.01. The predicted molar refractivity (Wildman–Crippen MR) is 61.2 cm³/mol. The predicted octanol–water partition coefficient (Wildman–Crippen LogP) is 1.49. The minimum absolute atomic E-state index is 0.232. The van der Waals surface area contributed by atoms with Crippen LogP contribution >= 0.6 is 0 Å². The van der Waals surface area contributed by atoms with Crippen LogP contribution in [-0.4, -0.2) is 16.7 Å². The molecule has 80 valence electrons. The Morgan fingerprint density at radius 1 is 1.47 bits per heavy atom. The minimum atomic E-state index is 0.232. The van der Waals surface area contributed by atoms with E-state index < -0.39 is 0 Å². The van der Waals surface area contributed by atoms with E-state index in [0.29, 0.717) is 5.82 Å². The van der Waals surface area contributed by atoms with Crippen molar-refractivity contribution in [3.05, 3.63) is 23.4 Å². The Bertz CT molecular complexity index is 377. The lowest BCUT2D eigenvalue weighted by Crippen LogP contribution is -1.94. The molecule has 0 atom stereocenters. The molecule has 0 fully saturated rings. The summed E-state index contributed by atoms with van der Waals surface area (Å²) in [6, 6.07) is 1.93. The van der Waals surface area contributed by atoms with Crippen LogP contribution in [0.25, 0.3) is 0 Å². The van der Waals surface area contributed by atoms with E-state index in [9.17, 15) is 0 Å². The Labute approximate surface area is 90.3 Å². The maximum Gasteiger partial charge on any atom is 0.139 e. The molecule has 1 aromatic rings. The van der Waals surface area contributed by atoms with E-state index in [-0.39, 0.29) is 6.61 Å². The number of aliphatic hydroxyl groups excluding tert-OH is 1. The third-order valence-corrected chi connectivity index (χ3v) is 1.99. The van der Waals surface area contributed by atoms with Gasteiger partial charge in [0.25, 0.3) is 0 Å². The second kappa shape index (κ2) is 6.05. The average Bonchev–Trinajstić information content (AvgIpc) is 2.23. The van der Waals surface area contributed by atoms with Crippen molar-refractivity contribution >= 4 is 5.82 Å². The fourth-order valence-corrected chi connectivity index (χ4v) is 1.16. The standard InChI is InChI=1S/C12H16N2O/c1-10-8-11(12(13)14-9-10)6-4-2-3-5-7-15/h8-9,15H,2-3,5,7H2,1H3,(H2,13,14). The van der Waals surface area contributed by atoms with Crippen molar-refractivity contribution in [1.29, 1.82) is 0 Å². The van der Waals surface area contributed by atoms with Crippen LogP contribution in [0.3, 0.4) is 0 Å². The molecule has 0 aliphatic carbocycles. The first kappa shape index (κ1) is 11.5. The van der Waals surface area contributed by atoms with Crippen molar-refractivity contribution in [2.45, 2.75) is 26.2 Å². The maximum atomic E-state index is 8.58. The van der Waals surface area contributed by atoms with Crippen LogP contribution in [-0.2, 0) is 0 Å². The summed E-state index contributed by atoms with van der Waals surface area (Å²) in [5.41, 5.74) is 7.53. The largest absolute Gasteiger partial charge is 0.396 e. The van der Waals surface area contributed by atoms with Gasteiger partial charge in [0.05, 0.1) is 5.56 Å². The van der Waals surface area contributed by atoms with Crippen LogP contribution in [0.15, 0.2) is 12.3 Å². The normalized spacial score (nSPS) is 9.47. The highest BCUT2D eigenvalue weighted by atomic mass is 16.2. The van der Waals surface area contributed by atoms with E-state index in [0.717, 1.165) is 30.4 Å². The van der Waals surface area contributed by atoms with Gasteiger partial charge in [-0.1, -0.05) is 11.8 Å². The first-order valence-electron chi connectivity index (χ1n) is 5.06. The quantitative estimate of drug-likeness (QED) is 0.579. The van der Waals surface area contributed by atoms with Crippen molar-refractivity contribution in [2.75, 3.05) is 12.3 Å². The Morgan fingerprint density at radius 3 is 3.00 bits per heavy atom. The van der Waals surface area contributed by atoms with Gasteiger partial charge < -0.3 is 10.8 Å². The molecule has 0 saturated heterocycles. The molecule has 0 saturated carbocycles. The van der Waals surface area contributed by atoms with Gasteiger partial charge in [0.1, 0.15) is 5.82 Å². The van der Waals surface area contributed by atoms with E-state index >= 15 is 0 Å². The molecule has 15 heavy (non-hydrogen) atoms. The van der Waals surface area contributed by atoms with E-state index in [1.165, 1.54) is 0 Å². The Morgan fingerprint density at radius 2 is 2.27 bits per heavy atom. The lowest BCUT2D eigenvalue weighted by molar-refractivity contribution is 0.285. The van der Waals surface area contributed by atoms with Crippen LogP contribution in [0.2, 0.25) is 0 Å². The summed E-state index contributed by atoms with van der Waals surface area (Å²) in [4.78, 5) is 4.03. The van der Waals surface area contributed by atoms with Gasteiger partial charge in [0.2, 0.25) is 0 Å². The van der Waals surface area contributed by atoms with Gasteiger partial charge in [-0.05, 0) is 31.4 Å². The van der Waals surface area contributed by atoms with Crippen molar-refractivity contribution in [1.82, 2.24) is 4.98 Å². The van der Waals surface area contributed by atoms with E-state index in [1.54, 1.807) is 6.20 Å². The molecule has 3 N–H and O–H groups in total. The number of aromatic nitrogens is 1. The van der Waals surface area contributed by atoms with Crippen LogP contribution in [0.1, 0.15) is 30.4 Å². The molecule has 1 aromatic heterocycles. The van der Waals surface area contributed by atoms with Crippen molar-refractivity contribution in [3.63, 3.8) is 0 Å². The first-order valence-corrected chi connectivity index (χ1v) is 5.06. The van der Waals surface area contributed by atoms with Crippen LogP contribution in [0.4, 0.5) is 5.82 Å². The van der Waals surface area contributed by atoms with Gasteiger partial charge in [0, 0.05) is 19.2 Å². The highest BCUT2D eigenvalue weighted by Crippen LogP contribution is 2.08. The second-order valence-electron chi connectivity index (χ2n) is 3.43. The van der Waals surface area contributed by atoms with Gasteiger partial charge in [-0.2, -0.15) is 0 Å². The lowest BCUT2D eigenvalue weighted by Gasteiger charge is -1.97. The zero-order valence-electron chi connectivity index (χ0n) is 8.95. The maximum absolute atomic E-state index is 8.58. The SMILES string of the molecule is Cc1cnc(N)c(C#CCCCCO)c1. The summed E-state index contributed by atoms with van der Waals surface area (Å²) >= 11 is 0. The van der Waals surface area contributed by atoms with Gasteiger partial charge in [-0.3, -0.25) is 0 Å². The van der Waals surface area contributed by atoms with Crippen LogP contribution < -0.4 is 5.73 Å². The van der Waals surface area contributed by atoms with Crippen LogP contribution in [0.5, 0.6) is 0 Å². The number of anilines is 1. The lowest BCUT2D eigenvalue weighted by atomic mass is 10.2. The second-order valence-corrected chi connectivity index (χ2v) is 3.43. The topological polar surface area (TPSA) is 59.1 Å². The molecule has 1 rings (SSSR count). The number of unbranched alkanes of at least 4 members (excludes halogenated alkanes) is 2. The number of hydrogen-bond donors (Lipinski definition) is 2. The summed E-state index contributed by atoms with van der Waals surface area (Å²) < 4.78 is 0. The summed E-state index contributed by atoms with van der Waals surface area (Å²) in [6.45, 7) is 2.19. The minimum Gasteiger partial charge on any atom is -0.396 e. The summed E-state index contributed by atoms with van der Waals surface area (Å²) in [5, 5.41) is 8.58. The molecule has 0 spiro atoms. The number of hydrogen-bond acceptors (Lipinski definition) is 3. The van der Waals surface area contributed by atoms with Gasteiger partial charge in [0.15, 0.2) is 0 Å². The van der Waals surface area contributed by atoms with E-state index in [4.69, 9.17) is 10.8 Å². The molecular formula is C12H16N2O. The number of rotatable bonds is 3. The number of nitrogens with two attached hydrogens (primary N) is 1. The zero-order chi connectivity index (χ0) is 11.1. The molecule has 0 amide bonds. The summed E-state index contributed by atoms with van der Waals surface area (Å²) in [7, 11) is 0.